The van der Waals surface area contributed by atoms with E-state index in [-0.39, 0.29) is 18.0 Å². The first-order valence-corrected chi connectivity index (χ1v) is 9.99. The van der Waals surface area contributed by atoms with Crippen LogP contribution in [0.3, 0.4) is 0 Å². The molecule has 1 amide bonds. The van der Waals surface area contributed by atoms with Crippen LogP contribution in [0.15, 0.2) is 72.8 Å². The van der Waals surface area contributed by atoms with E-state index in [2.05, 4.69) is 30.4 Å². The summed E-state index contributed by atoms with van der Waals surface area (Å²) in [6.45, 7) is 2.07. The van der Waals surface area contributed by atoms with Gasteiger partial charge in [-0.05, 0) is 55.3 Å². The summed E-state index contributed by atoms with van der Waals surface area (Å²) in [4.78, 5) is 15.2. The fourth-order valence-electron chi connectivity index (χ4n) is 3.76. The number of carbonyl (C=O) groups is 1. The number of hydrogen-bond acceptors (Lipinski definition) is 2. The van der Waals surface area contributed by atoms with Crippen LogP contribution in [-0.4, -0.2) is 11.9 Å². The number of amides is 1. The number of benzene rings is 3. The first kappa shape index (κ1) is 18.9. The Labute approximate surface area is 174 Å². The molecule has 3 aromatic carbocycles. The van der Waals surface area contributed by atoms with Crippen LogP contribution in [0.4, 0.5) is 11.4 Å². The van der Waals surface area contributed by atoms with Crippen molar-refractivity contribution in [2.24, 2.45) is 0 Å². The van der Waals surface area contributed by atoms with Crippen LogP contribution < -0.4 is 10.2 Å². The van der Waals surface area contributed by atoms with Crippen molar-refractivity contribution in [3.8, 4) is 0 Å². The molecule has 3 nitrogen and oxygen atoms in total. The Kier molecular flexibility index (Phi) is 5.29. The average molecular weight is 411 g/mol. The van der Waals surface area contributed by atoms with Gasteiger partial charge in [0.1, 0.15) is 0 Å². The van der Waals surface area contributed by atoms with Crippen molar-refractivity contribution in [3.63, 3.8) is 0 Å². The summed E-state index contributed by atoms with van der Waals surface area (Å²) >= 11 is 12.1. The van der Waals surface area contributed by atoms with Gasteiger partial charge in [0.15, 0.2) is 0 Å². The van der Waals surface area contributed by atoms with Crippen LogP contribution in [0.25, 0.3) is 0 Å². The predicted octanol–water partition coefficient (Wildman–Crippen LogP) is 6.59. The number of nitrogens with one attached hydrogen (secondary N) is 1. The molecule has 1 aliphatic heterocycles. The number of anilines is 2. The quantitative estimate of drug-likeness (QED) is 0.528. The molecule has 0 aliphatic carbocycles. The highest BCUT2D eigenvalue weighted by molar-refractivity contribution is 6.42. The number of halogens is 2. The van der Waals surface area contributed by atoms with Crippen molar-refractivity contribution in [2.75, 3.05) is 10.2 Å². The molecule has 142 valence electrons. The normalized spacial score (nSPS) is 18.5. The van der Waals surface area contributed by atoms with Crippen molar-refractivity contribution >= 4 is 40.5 Å². The van der Waals surface area contributed by atoms with E-state index in [1.165, 1.54) is 0 Å². The molecule has 0 fully saturated rings. The van der Waals surface area contributed by atoms with Gasteiger partial charge in [0.05, 0.1) is 16.1 Å². The lowest BCUT2D eigenvalue weighted by Crippen LogP contribution is -2.44. The smallest absolute Gasteiger partial charge is 0.258 e. The Morgan fingerprint density at radius 2 is 1.68 bits per heavy atom. The van der Waals surface area contributed by atoms with Crippen LogP contribution in [0, 0.1) is 0 Å². The standard InChI is InChI=1S/C23H20Cl2N2O/c1-15-13-21(26-17-7-3-2-4-8-17)18-9-5-6-10-22(18)27(15)23(28)16-11-12-19(24)20(25)14-16/h2-12,14-15,21,26H,13H2,1H3. The summed E-state index contributed by atoms with van der Waals surface area (Å²) in [6, 6.07) is 23.4. The minimum absolute atomic E-state index is 0.0260. The summed E-state index contributed by atoms with van der Waals surface area (Å²) in [6.07, 6.45) is 0.805. The second-order valence-electron chi connectivity index (χ2n) is 7.01. The zero-order valence-corrected chi connectivity index (χ0v) is 16.9. The second-order valence-corrected chi connectivity index (χ2v) is 7.82. The molecule has 2 atom stereocenters. The number of rotatable bonds is 3. The summed E-state index contributed by atoms with van der Waals surface area (Å²) in [5.41, 5.74) is 3.63. The lowest BCUT2D eigenvalue weighted by Gasteiger charge is -2.40. The molecule has 1 aliphatic rings. The third-order valence-corrected chi connectivity index (χ3v) is 5.83. The number of fused-ring (bicyclic) bond motifs is 1. The lowest BCUT2D eigenvalue weighted by atomic mass is 9.90. The zero-order valence-electron chi connectivity index (χ0n) is 15.4. The van der Waals surface area contributed by atoms with Gasteiger partial charge in [0, 0.05) is 23.0 Å². The molecule has 0 bridgehead atoms. The summed E-state index contributed by atoms with van der Waals surface area (Å²) in [5, 5.41) is 4.43. The second kappa shape index (κ2) is 7.86. The monoisotopic (exact) mass is 410 g/mol. The van der Waals surface area contributed by atoms with E-state index >= 15 is 0 Å². The Balaban J connectivity index is 1.69. The first-order chi connectivity index (χ1) is 13.5. The van der Waals surface area contributed by atoms with Crippen LogP contribution in [0.2, 0.25) is 10.0 Å². The van der Waals surface area contributed by atoms with Crippen LogP contribution >= 0.6 is 23.2 Å². The fraction of sp³-hybridized carbons (Fsp3) is 0.174. The Hall–Kier alpha value is -2.49. The highest BCUT2D eigenvalue weighted by Crippen LogP contribution is 2.39. The minimum Gasteiger partial charge on any atom is -0.378 e. The first-order valence-electron chi connectivity index (χ1n) is 9.23. The number of nitrogens with zero attached hydrogens (tertiary/aromatic N) is 1. The molecule has 0 saturated carbocycles. The fourth-order valence-corrected chi connectivity index (χ4v) is 4.06. The lowest BCUT2D eigenvalue weighted by molar-refractivity contribution is 0.0974. The van der Waals surface area contributed by atoms with Crippen molar-refractivity contribution in [3.05, 3.63) is 94.0 Å². The van der Waals surface area contributed by atoms with Gasteiger partial charge < -0.3 is 10.2 Å². The van der Waals surface area contributed by atoms with E-state index < -0.39 is 0 Å². The molecule has 4 rings (SSSR count). The van der Waals surface area contributed by atoms with E-state index in [0.29, 0.717) is 15.6 Å². The third kappa shape index (κ3) is 3.60. The summed E-state index contributed by atoms with van der Waals surface area (Å²) < 4.78 is 0. The van der Waals surface area contributed by atoms with Crippen LogP contribution in [0.1, 0.15) is 35.3 Å². The van der Waals surface area contributed by atoms with Gasteiger partial charge in [0.2, 0.25) is 0 Å². The van der Waals surface area contributed by atoms with Gasteiger partial charge in [-0.15, -0.1) is 0 Å². The van der Waals surface area contributed by atoms with Gasteiger partial charge in [-0.25, -0.2) is 0 Å². The van der Waals surface area contributed by atoms with Crippen molar-refractivity contribution in [2.45, 2.75) is 25.4 Å². The predicted molar refractivity (Wildman–Crippen MR) is 117 cm³/mol. The summed E-state index contributed by atoms with van der Waals surface area (Å²) in [7, 11) is 0. The van der Waals surface area contributed by atoms with Gasteiger partial charge in [-0.3, -0.25) is 4.79 Å². The molecule has 0 radical (unpaired) electrons. The molecule has 28 heavy (non-hydrogen) atoms. The maximum absolute atomic E-state index is 13.3. The summed E-state index contributed by atoms with van der Waals surface area (Å²) in [5.74, 6) is -0.0725. The number of carbonyl (C=O) groups excluding carboxylic acids is 1. The maximum atomic E-state index is 13.3. The SMILES string of the molecule is CC1CC(Nc2ccccc2)c2ccccc2N1C(=O)c1ccc(Cl)c(Cl)c1. The van der Waals surface area contributed by atoms with E-state index in [0.717, 1.165) is 23.4 Å². The number of hydrogen-bond donors (Lipinski definition) is 1. The zero-order chi connectivity index (χ0) is 19.7. The van der Waals surface area contributed by atoms with Crippen LogP contribution in [0.5, 0.6) is 0 Å². The molecule has 5 heteroatoms. The van der Waals surface area contributed by atoms with Gasteiger partial charge in [-0.2, -0.15) is 0 Å². The highest BCUT2D eigenvalue weighted by atomic mass is 35.5. The van der Waals surface area contributed by atoms with Crippen molar-refractivity contribution in [1.82, 2.24) is 0 Å². The molecule has 0 saturated heterocycles. The molecule has 3 aromatic rings. The molecule has 1 heterocycles. The van der Waals surface area contributed by atoms with Crippen molar-refractivity contribution in [1.29, 1.82) is 0 Å². The van der Waals surface area contributed by atoms with E-state index in [4.69, 9.17) is 23.2 Å². The largest absolute Gasteiger partial charge is 0.378 e. The van der Waals surface area contributed by atoms with Crippen LogP contribution in [-0.2, 0) is 0 Å². The Morgan fingerprint density at radius 3 is 2.43 bits per heavy atom. The Bertz CT molecular complexity index is 1010. The number of para-hydroxylation sites is 2. The van der Waals surface area contributed by atoms with E-state index in [1.54, 1.807) is 18.2 Å². The molecular weight excluding hydrogens is 391 g/mol. The highest BCUT2D eigenvalue weighted by Gasteiger charge is 2.34. The topological polar surface area (TPSA) is 32.3 Å². The Morgan fingerprint density at radius 1 is 0.964 bits per heavy atom. The average Bonchev–Trinajstić information content (AvgIpc) is 2.70. The van der Waals surface area contributed by atoms with Gasteiger partial charge in [0.25, 0.3) is 5.91 Å². The third-order valence-electron chi connectivity index (χ3n) is 5.09. The molecule has 0 aromatic heterocycles. The van der Waals surface area contributed by atoms with Gasteiger partial charge >= 0.3 is 0 Å². The molecule has 2 unspecified atom stereocenters. The molecule has 0 spiro atoms. The minimum atomic E-state index is -0.0725. The maximum Gasteiger partial charge on any atom is 0.258 e. The van der Waals surface area contributed by atoms with Crippen molar-refractivity contribution < 1.29 is 4.79 Å². The van der Waals surface area contributed by atoms with E-state index in [1.807, 2.05) is 41.3 Å². The van der Waals surface area contributed by atoms with Gasteiger partial charge in [-0.1, -0.05) is 59.6 Å². The van der Waals surface area contributed by atoms with E-state index in [9.17, 15) is 4.79 Å². The molecular formula is C23H20Cl2N2O. The molecule has 1 N–H and O–H groups in total.